The van der Waals surface area contributed by atoms with E-state index in [-0.39, 0.29) is 0 Å². The van der Waals surface area contributed by atoms with Crippen LogP contribution >= 0.6 is 0 Å². The van der Waals surface area contributed by atoms with Gasteiger partial charge in [0.1, 0.15) is 11.5 Å². The fraction of sp³-hybridized carbons (Fsp3) is 0.500. The van der Waals surface area contributed by atoms with E-state index in [1.807, 2.05) is 30.3 Å². The lowest BCUT2D eigenvalue weighted by Crippen LogP contribution is -2.00. The number of ether oxygens (including phenoxy) is 1. The highest BCUT2D eigenvalue weighted by Crippen LogP contribution is 2.29. The lowest BCUT2D eigenvalue weighted by Gasteiger charge is -2.15. The first-order valence-corrected chi connectivity index (χ1v) is 11.7. The van der Waals surface area contributed by atoms with Gasteiger partial charge in [0.2, 0.25) is 0 Å². The van der Waals surface area contributed by atoms with Crippen molar-refractivity contribution in [3.8, 4) is 23.3 Å². The van der Waals surface area contributed by atoms with Crippen molar-refractivity contribution >= 4 is 0 Å². The van der Waals surface area contributed by atoms with Gasteiger partial charge in [-0.25, -0.2) is 0 Å². The molecule has 0 N–H and O–H groups in total. The Morgan fingerprint density at radius 2 is 1.34 bits per heavy atom. The molecule has 0 aliphatic rings. The Balaban J connectivity index is 2.34. The summed E-state index contributed by atoms with van der Waals surface area (Å²) in [6.45, 7) is 6.74. The normalized spacial score (nSPS) is 10.4. The summed E-state index contributed by atoms with van der Waals surface area (Å²) >= 11 is 0. The largest absolute Gasteiger partial charge is 0.457 e. The van der Waals surface area contributed by atoms with Crippen LogP contribution in [0.25, 0.3) is 0 Å². The number of hydrogen-bond donors (Lipinski definition) is 0. The van der Waals surface area contributed by atoms with E-state index < -0.39 is 0 Å². The number of rotatable bonds is 12. The molecular formula is C28H38O. The third-order valence-electron chi connectivity index (χ3n) is 5.22. The van der Waals surface area contributed by atoms with Crippen LogP contribution < -0.4 is 4.74 Å². The second kappa shape index (κ2) is 13.9. The van der Waals surface area contributed by atoms with Gasteiger partial charge in [-0.15, -0.1) is 0 Å². The molecule has 0 amide bonds. The van der Waals surface area contributed by atoms with Crippen molar-refractivity contribution in [3.63, 3.8) is 0 Å². The number of hydrogen-bond acceptors (Lipinski definition) is 1. The molecule has 0 saturated heterocycles. The van der Waals surface area contributed by atoms with E-state index in [1.165, 1.54) is 68.1 Å². The molecule has 2 aromatic carbocycles. The highest BCUT2D eigenvalue weighted by Gasteiger charge is 2.11. The number of para-hydroxylation sites is 1. The second-order valence-electron chi connectivity index (χ2n) is 7.85. The number of benzene rings is 2. The molecule has 0 spiro atoms. The summed E-state index contributed by atoms with van der Waals surface area (Å²) in [5.41, 5.74) is 3.99. The highest BCUT2D eigenvalue weighted by molar-refractivity contribution is 5.52. The minimum Gasteiger partial charge on any atom is -0.457 e. The first-order valence-electron chi connectivity index (χ1n) is 11.7. The summed E-state index contributed by atoms with van der Waals surface area (Å²) in [5, 5.41) is 0. The molecule has 1 heteroatoms. The summed E-state index contributed by atoms with van der Waals surface area (Å²) in [7, 11) is 0. The van der Waals surface area contributed by atoms with Gasteiger partial charge < -0.3 is 4.74 Å². The molecule has 2 aromatic rings. The summed E-state index contributed by atoms with van der Waals surface area (Å²) in [6, 6.07) is 14.6. The SMILES string of the molecule is CCCCC#Cc1c(CCCC)cc(Oc2ccccc2)cc1CCCCCC. The number of unbranched alkanes of at least 4 members (excludes halogenated alkanes) is 6. The van der Waals surface area contributed by atoms with Gasteiger partial charge in [-0.3, -0.25) is 0 Å². The Hall–Kier alpha value is -2.20. The minimum absolute atomic E-state index is 0.896. The fourth-order valence-corrected chi connectivity index (χ4v) is 3.50. The van der Waals surface area contributed by atoms with E-state index in [1.54, 1.807) is 0 Å². The predicted molar refractivity (Wildman–Crippen MR) is 126 cm³/mol. The summed E-state index contributed by atoms with van der Waals surface area (Å²) in [5.74, 6) is 8.84. The van der Waals surface area contributed by atoms with Crippen molar-refractivity contribution in [1.29, 1.82) is 0 Å². The molecule has 2 rings (SSSR count). The minimum atomic E-state index is 0.896. The summed E-state index contributed by atoms with van der Waals surface area (Å²) in [6.07, 6.45) is 13.0. The molecule has 0 aliphatic carbocycles. The van der Waals surface area contributed by atoms with E-state index in [0.29, 0.717) is 0 Å². The fourth-order valence-electron chi connectivity index (χ4n) is 3.50. The maximum Gasteiger partial charge on any atom is 0.128 e. The van der Waals surface area contributed by atoms with Crippen molar-refractivity contribution in [2.24, 2.45) is 0 Å². The first kappa shape index (κ1) is 23.1. The average Bonchev–Trinajstić information content (AvgIpc) is 2.74. The zero-order valence-electron chi connectivity index (χ0n) is 18.7. The van der Waals surface area contributed by atoms with Gasteiger partial charge in [-0.2, -0.15) is 0 Å². The molecule has 0 aliphatic heterocycles. The summed E-state index contributed by atoms with van der Waals surface area (Å²) < 4.78 is 6.22. The van der Waals surface area contributed by atoms with Crippen molar-refractivity contribution in [2.75, 3.05) is 0 Å². The van der Waals surface area contributed by atoms with E-state index in [9.17, 15) is 0 Å². The van der Waals surface area contributed by atoms with Crippen LogP contribution in [0.5, 0.6) is 11.5 Å². The Labute approximate surface area is 178 Å². The first-order chi connectivity index (χ1) is 14.3. The Bertz CT molecular complexity index is 764. The van der Waals surface area contributed by atoms with Crippen LogP contribution in [0.3, 0.4) is 0 Å². The van der Waals surface area contributed by atoms with Crippen LogP contribution in [-0.4, -0.2) is 0 Å². The molecule has 29 heavy (non-hydrogen) atoms. The van der Waals surface area contributed by atoms with Gasteiger partial charge in [-0.05, 0) is 67.5 Å². The lowest BCUT2D eigenvalue weighted by atomic mass is 9.93. The van der Waals surface area contributed by atoms with Crippen LogP contribution in [0.2, 0.25) is 0 Å². The third kappa shape index (κ3) is 8.36. The van der Waals surface area contributed by atoms with Gasteiger partial charge in [0.05, 0.1) is 0 Å². The van der Waals surface area contributed by atoms with Crippen LogP contribution in [-0.2, 0) is 12.8 Å². The van der Waals surface area contributed by atoms with Crippen molar-refractivity contribution in [3.05, 3.63) is 59.2 Å². The van der Waals surface area contributed by atoms with Gasteiger partial charge in [0.25, 0.3) is 0 Å². The molecule has 1 nitrogen and oxygen atoms in total. The highest BCUT2D eigenvalue weighted by atomic mass is 16.5. The Kier molecular flexibility index (Phi) is 11.1. The Morgan fingerprint density at radius 1 is 0.690 bits per heavy atom. The van der Waals surface area contributed by atoms with Crippen LogP contribution in [0.1, 0.15) is 95.2 Å². The van der Waals surface area contributed by atoms with E-state index in [4.69, 9.17) is 4.74 Å². The zero-order chi connectivity index (χ0) is 20.7. The molecular weight excluding hydrogens is 352 g/mol. The smallest absolute Gasteiger partial charge is 0.128 e. The Morgan fingerprint density at radius 3 is 2.00 bits per heavy atom. The van der Waals surface area contributed by atoms with Crippen LogP contribution in [0, 0.1) is 11.8 Å². The molecule has 0 heterocycles. The molecule has 0 atom stereocenters. The molecule has 0 unspecified atom stereocenters. The van der Waals surface area contributed by atoms with Crippen LogP contribution in [0.15, 0.2) is 42.5 Å². The molecule has 0 bridgehead atoms. The molecule has 156 valence electrons. The third-order valence-corrected chi connectivity index (χ3v) is 5.22. The lowest BCUT2D eigenvalue weighted by molar-refractivity contribution is 0.480. The number of aryl methyl sites for hydroxylation is 2. The van der Waals surface area contributed by atoms with Crippen molar-refractivity contribution in [2.45, 2.75) is 91.4 Å². The topological polar surface area (TPSA) is 9.23 Å². The van der Waals surface area contributed by atoms with Crippen molar-refractivity contribution in [1.82, 2.24) is 0 Å². The quantitative estimate of drug-likeness (QED) is 0.261. The molecule has 0 fully saturated rings. The monoisotopic (exact) mass is 390 g/mol. The predicted octanol–water partition coefficient (Wildman–Crippen LogP) is 8.49. The van der Waals surface area contributed by atoms with Gasteiger partial charge in [0.15, 0.2) is 0 Å². The summed E-state index contributed by atoms with van der Waals surface area (Å²) in [4.78, 5) is 0. The van der Waals surface area contributed by atoms with E-state index in [0.717, 1.165) is 30.8 Å². The molecule has 0 aromatic heterocycles. The van der Waals surface area contributed by atoms with Gasteiger partial charge in [0, 0.05) is 12.0 Å². The van der Waals surface area contributed by atoms with Gasteiger partial charge >= 0.3 is 0 Å². The van der Waals surface area contributed by atoms with Crippen molar-refractivity contribution < 1.29 is 4.74 Å². The molecule has 0 radical (unpaired) electrons. The van der Waals surface area contributed by atoms with E-state index in [2.05, 4.69) is 44.7 Å². The standard InChI is InChI=1S/C28H38O/c1-4-7-10-13-18-25-23-27(29-26-19-14-12-15-20-26)22-24(17-9-6-3)28(25)21-16-11-8-5-2/h12,14-15,19-20,22-23H,4-11,13,17-18H2,1-3H3. The maximum absolute atomic E-state index is 6.22. The van der Waals surface area contributed by atoms with Gasteiger partial charge in [-0.1, -0.05) is 82.9 Å². The van der Waals surface area contributed by atoms with Crippen LogP contribution in [0.4, 0.5) is 0 Å². The average molecular weight is 391 g/mol. The maximum atomic E-state index is 6.22. The second-order valence-corrected chi connectivity index (χ2v) is 7.85. The molecule has 0 saturated carbocycles. The zero-order valence-corrected chi connectivity index (χ0v) is 18.7. The van der Waals surface area contributed by atoms with E-state index >= 15 is 0 Å².